The highest BCUT2D eigenvalue weighted by Crippen LogP contribution is 2.27. The number of hydrogen-bond donors (Lipinski definition) is 3. The SMILES string of the molecule is O=C(CCCC/C=C(\COc1cccc2ccccc12)C(=O)NC1CCN(CC2CCCCC2)C1)NO. The molecule has 1 aliphatic carbocycles. The van der Waals surface area contributed by atoms with Gasteiger partial charge in [-0.3, -0.25) is 14.8 Å². The molecule has 1 atom stereocenters. The standard InChI is InChI=1S/C30H41N3O4/c34-29(32-36)17-6-2-5-13-25(22-37-28-16-9-14-24-12-7-8-15-27(24)28)30(35)31-26-18-19-33(21-26)20-23-10-3-1-4-11-23/h7-9,12-16,23,26,36H,1-6,10-11,17-22H2,(H,31,35)(H,32,34)/b25-13+. The van der Waals surface area contributed by atoms with Gasteiger partial charge in [-0.05, 0) is 55.9 Å². The number of likely N-dealkylation sites (tertiary alicyclic amines) is 1. The number of amides is 2. The molecule has 2 aliphatic rings. The second-order valence-corrected chi connectivity index (χ2v) is 10.5. The van der Waals surface area contributed by atoms with Crippen LogP contribution < -0.4 is 15.5 Å². The van der Waals surface area contributed by atoms with Gasteiger partial charge < -0.3 is 15.0 Å². The largest absolute Gasteiger partial charge is 0.488 e. The smallest absolute Gasteiger partial charge is 0.250 e. The van der Waals surface area contributed by atoms with E-state index in [1.165, 1.54) is 32.1 Å². The van der Waals surface area contributed by atoms with Crippen LogP contribution in [0.25, 0.3) is 10.8 Å². The Hall–Kier alpha value is -2.90. The summed E-state index contributed by atoms with van der Waals surface area (Å²) >= 11 is 0. The second kappa shape index (κ2) is 14.1. The first-order chi connectivity index (χ1) is 18.1. The summed E-state index contributed by atoms with van der Waals surface area (Å²) < 4.78 is 6.16. The lowest BCUT2D eigenvalue weighted by atomic mass is 9.89. The number of rotatable bonds is 12. The third-order valence-electron chi connectivity index (χ3n) is 7.65. The molecule has 1 saturated carbocycles. The third-order valence-corrected chi connectivity index (χ3v) is 7.65. The molecule has 2 aromatic carbocycles. The first-order valence-corrected chi connectivity index (χ1v) is 13.9. The molecule has 2 fully saturated rings. The maximum absolute atomic E-state index is 13.3. The monoisotopic (exact) mass is 507 g/mol. The van der Waals surface area contributed by atoms with Crippen LogP contribution in [0, 0.1) is 5.92 Å². The number of nitrogens with zero attached hydrogens (tertiary/aromatic N) is 1. The first kappa shape index (κ1) is 27.1. The van der Waals surface area contributed by atoms with Gasteiger partial charge in [-0.2, -0.15) is 0 Å². The number of ether oxygens (including phenoxy) is 1. The van der Waals surface area contributed by atoms with Crippen molar-refractivity contribution in [3.8, 4) is 5.75 Å². The summed E-state index contributed by atoms with van der Waals surface area (Å²) in [6.45, 7) is 3.30. The molecule has 2 amide bonds. The van der Waals surface area contributed by atoms with Gasteiger partial charge in [0.1, 0.15) is 12.4 Å². The number of hydrogen-bond acceptors (Lipinski definition) is 5. The fourth-order valence-corrected chi connectivity index (χ4v) is 5.59. The van der Waals surface area contributed by atoms with Gasteiger partial charge in [-0.15, -0.1) is 0 Å². The van der Waals surface area contributed by atoms with Crippen LogP contribution in [0.3, 0.4) is 0 Å². The van der Waals surface area contributed by atoms with E-state index in [1.54, 1.807) is 5.48 Å². The topological polar surface area (TPSA) is 90.9 Å². The van der Waals surface area contributed by atoms with Crippen molar-refractivity contribution in [3.05, 3.63) is 54.1 Å². The van der Waals surface area contributed by atoms with E-state index in [1.807, 2.05) is 48.5 Å². The summed E-state index contributed by atoms with van der Waals surface area (Å²) in [5.74, 6) is 1.11. The molecule has 0 radical (unpaired) electrons. The molecule has 37 heavy (non-hydrogen) atoms. The molecule has 0 aromatic heterocycles. The van der Waals surface area contributed by atoms with Crippen LogP contribution in [0.2, 0.25) is 0 Å². The van der Waals surface area contributed by atoms with E-state index in [0.29, 0.717) is 18.4 Å². The molecule has 7 nitrogen and oxygen atoms in total. The van der Waals surface area contributed by atoms with Crippen LogP contribution in [-0.4, -0.2) is 54.2 Å². The van der Waals surface area contributed by atoms with Crippen LogP contribution in [0.5, 0.6) is 5.75 Å². The van der Waals surface area contributed by atoms with Gasteiger partial charge in [0.25, 0.3) is 5.91 Å². The van der Waals surface area contributed by atoms with Crippen molar-refractivity contribution >= 4 is 22.6 Å². The number of nitrogens with one attached hydrogen (secondary N) is 2. The molecule has 1 aliphatic heterocycles. The average Bonchev–Trinajstić information content (AvgIpc) is 3.36. The quantitative estimate of drug-likeness (QED) is 0.163. The molecule has 2 aromatic rings. The van der Waals surface area contributed by atoms with Crippen molar-refractivity contribution < 1.29 is 19.5 Å². The van der Waals surface area contributed by atoms with Crippen molar-refractivity contribution in [1.82, 2.24) is 15.7 Å². The van der Waals surface area contributed by atoms with Crippen LogP contribution >= 0.6 is 0 Å². The summed E-state index contributed by atoms with van der Waals surface area (Å²) in [4.78, 5) is 27.1. The Morgan fingerprint density at radius 3 is 2.68 bits per heavy atom. The number of carbonyl (C=O) groups is 2. The Morgan fingerprint density at radius 2 is 1.84 bits per heavy atom. The molecule has 0 spiro atoms. The van der Waals surface area contributed by atoms with Crippen LogP contribution in [0.15, 0.2) is 54.1 Å². The Bertz CT molecular complexity index is 1060. The zero-order valence-electron chi connectivity index (χ0n) is 21.8. The van der Waals surface area contributed by atoms with E-state index in [2.05, 4.69) is 10.2 Å². The van der Waals surface area contributed by atoms with Crippen LogP contribution in [0.4, 0.5) is 0 Å². The minimum atomic E-state index is -0.389. The van der Waals surface area contributed by atoms with E-state index < -0.39 is 0 Å². The van der Waals surface area contributed by atoms with Gasteiger partial charge >= 0.3 is 0 Å². The minimum Gasteiger partial charge on any atom is -0.488 e. The molecule has 1 unspecified atom stereocenters. The lowest BCUT2D eigenvalue weighted by molar-refractivity contribution is -0.129. The molecule has 1 heterocycles. The Labute approximate surface area is 220 Å². The Balaban J connectivity index is 1.34. The van der Waals surface area contributed by atoms with Gasteiger partial charge in [-0.25, -0.2) is 5.48 Å². The maximum atomic E-state index is 13.3. The second-order valence-electron chi connectivity index (χ2n) is 10.5. The lowest BCUT2D eigenvalue weighted by Crippen LogP contribution is -2.39. The molecule has 0 bridgehead atoms. The highest BCUT2D eigenvalue weighted by molar-refractivity contribution is 5.94. The lowest BCUT2D eigenvalue weighted by Gasteiger charge is -2.26. The first-order valence-electron chi connectivity index (χ1n) is 13.9. The summed E-state index contributed by atoms with van der Waals surface area (Å²) in [6.07, 6.45) is 12.0. The highest BCUT2D eigenvalue weighted by Gasteiger charge is 2.27. The molecule has 200 valence electrons. The summed E-state index contributed by atoms with van der Waals surface area (Å²) in [5.41, 5.74) is 2.28. The van der Waals surface area contributed by atoms with E-state index in [-0.39, 0.29) is 30.9 Å². The van der Waals surface area contributed by atoms with Crippen molar-refractivity contribution in [2.24, 2.45) is 5.92 Å². The number of allylic oxidation sites excluding steroid dienone is 1. The normalized spacial score (nSPS) is 19.2. The van der Waals surface area contributed by atoms with E-state index in [0.717, 1.165) is 54.9 Å². The predicted octanol–water partition coefficient (Wildman–Crippen LogP) is 4.98. The summed E-state index contributed by atoms with van der Waals surface area (Å²) in [7, 11) is 0. The molecule has 1 saturated heterocycles. The van der Waals surface area contributed by atoms with Gasteiger partial charge in [0, 0.05) is 37.5 Å². The molecular formula is C30H41N3O4. The zero-order chi connectivity index (χ0) is 25.9. The maximum Gasteiger partial charge on any atom is 0.250 e. The average molecular weight is 508 g/mol. The van der Waals surface area contributed by atoms with Gasteiger partial charge in [-0.1, -0.05) is 61.7 Å². The van der Waals surface area contributed by atoms with Crippen LogP contribution in [-0.2, 0) is 9.59 Å². The zero-order valence-corrected chi connectivity index (χ0v) is 21.8. The molecular weight excluding hydrogens is 466 g/mol. The predicted molar refractivity (Wildman–Crippen MR) is 145 cm³/mol. The summed E-state index contributed by atoms with van der Waals surface area (Å²) in [5, 5.41) is 14.0. The minimum absolute atomic E-state index is 0.0714. The number of unbranched alkanes of at least 4 members (excludes halogenated alkanes) is 2. The number of benzene rings is 2. The molecule has 4 rings (SSSR count). The Morgan fingerprint density at radius 1 is 1.03 bits per heavy atom. The van der Waals surface area contributed by atoms with Crippen molar-refractivity contribution in [3.63, 3.8) is 0 Å². The third kappa shape index (κ3) is 8.30. The van der Waals surface area contributed by atoms with E-state index in [9.17, 15) is 9.59 Å². The fourth-order valence-electron chi connectivity index (χ4n) is 5.59. The number of carbonyl (C=O) groups excluding carboxylic acids is 2. The van der Waals surface area contributed by atoms with E-state index in [4.69, 9.17) is 9.94 Å². The van der Waals surface area contributed by atoms with Crippen molar-refractivity contribution in [2.45, 2.75) is 70.3 Å². The molecule has 7 heteroatoms. The number of fused-ring (bicyclic) bond motifs is 1. The highest BCUT2D eigenvalue weighted by atomic mass is 16.5. The molecule has 3 N–H and O–H groups in total. The Kier molecular flexibility index (Phi) is 10.4. The van der Waals surface area contributed by atoms with Gasteiger partial charge in [0.05, 0.1) is 5.57 Å². The van der Waals surface area contributed by atoms with Crippen molar-refractivity contribution in [2.75, 3.05) is 26.2 Å². The fraction of sp³-hybridized carbons (Fsp3) is 0.533. The van der Waals surface area contributed by atoms with Gasteiger partial charge in [0.2, 0.25) is 5.91 Å². The van der Waals surface area contributed by atoms with Gasteiger partial charge in [0.15, 0.2) is 0 Å². The number of hydroxylamine groups is 1. The summed E-state index contributed by atoms with van der Waals surface area (Å²) in [6, 6.07) is 14.2. The van der Waals surface area contributed by atoms with Crippen LogP contribution in [0.1, 0.15) is 64.2 Å². The van der Waals surface area contributed by atoms with E-state index >= 15 is 0 Å². The van der Waals surface area contributed by atoms with Crippen molar-refractivity contribution in [1.29, 1.82) is 0 Å².